The zero-order valence-electron chi connectivity index (χ0n) is 17.0. The Morgan fingerprint density at radius 3 is 1.96 bits per heavy atom. The lowest BCUT2D eigenvalue weighted by Crippen LogP contribution is -2.14. The van der Waals surface area contributed by atoms with E-state index in [9.17, 15) is 9.59 Å². The van der Waals surface area contributed by atoms with Gasteiger partial charge in [0.1, 0.15) is 6.61 Å². The van der Waals surface area contributed by atoms with Crippen molar-refractivity contribution in [1.29, 1.82) is 0 Å². The average Bonchev–Trinajstić information content (AvgIpc) is 2.70. The number of esters is 2. The molecule has 1 unspecified atom stereocenters. The summed E-state index contributed by atoms with van der Waals surface area (Å²) in [7, 11) is 0. The van der Waals surface area contributed by atoms with Crippen LogP contribution in [0.5, 0.6) is 0 Å². The Balaban J connectivity index is 2.38. The molecule has 152 valence electrons. The number of rotatable bonds is 14. The second-order valence-corrected chi connectivity index (χ2v) is 6.69. The number of carbonyl (C=O) groups excluding carboxylic acids is 2. The van der Waals surface area contributed by atoms with Gasteiger partial charge in [-0.1, -0.05) is 46.5 Å². The third kappa shape index (κ3) is 9.57. The summed E-state index contributed by atoms with van der Waals surface area (Å²) >= 11 is 0. The summed E-state index contributed by atoms with van der Waals surface area (Å²) in [4.78, 5) is 24.1. The van der Waals surface area contributed by atoms with Gasteiger partial charge in [-0.2, -0.15) is 0 Å². The van der Waals surface area contributed by atoms with Crippen LogP contribution in [0.2, 0.25) is 0 Å². The van der Waals surface area contributed by atoms with Crippen LogP contribution in [0, 0.1) is 5.92 Å². The molecule has 1 aromatic carbocycles. The van der Waals surface area contributed by atoms with Gasteiger partial charge in [0.05, 0.1) is 24.3 Å². The molecule has 1 aromatic rings. The number of ether oxygens (including phenoxy) is 3. The third-order valence-electron chi connectivity index (χ3n) is 4.45. The van der Waals surface area contributed by atoms with E-state index >= 15 is 0 Å². The van der Waals surface area contributed by atoms with Crippen molar-refractivity contribution in [3.8, 4) is 0 Å². The SMILES string of the molecule is CCCCOCCOC(=O)c1ccc(C(=O)OCC(CC)CCCC)cc1. The minimum absolute atomic E-state index is 0.225. The lowest BCUT2D eigenvalue weighted by atomic mass is 10.0. The maximum Gasteiger partial charge on any atom is 0.338 e. The molecule has 0 aliphatic heterocycles. The van der Waals surface area contributed by atoms with E-state index in [1.807, 2.05) is 0 Å². The average molecular weight is 379 g/mol. The Labute approximate surface area is 163 Å². The Morgan fingerprint density at radius 2 is 1.41 bits per heavy atom. The zero-order chi connectivity index (χ0) is 19.9. The van der Waals surface area contributed by atoms with E-state index in [0.717, 1.165) is 38.5 Å². The van der Waals surface area contributed by atoms with Gasteiger partial charge in [0, 0.05) is 6.61 Å². The van der Waals surface area contributed by atoms with Gasteiger partial charge in [-0.25, -0.2) is 9.59 Å². The largest absolute Gasteiger partial charge is 0.462 e. The highest BCUT2D eigenvalue weighted by atomic mass is 16.6. The molecule has 27 heavy (non-hydrogen) atoms. The first-order valence-corrected chi connectivity index (χ1v) is 10.1. The summed E-state index contributed by atoms with van der Waals surface area (Å²) in [6, 6.07) is 6.38. The Kier molecular flexibility index (Phi) is 12.2. The van der Waals surface area contributed by atoms with Crippen molar-refractivity contribution in [3.63, 3.8) is 0 Å². The predicted molar refractivity (Wildman–Crippen MR) is 106 cm³/mol. The van der Waals surface area contributed by atoms with E-state index in [4.69, 9.17) is 14.2 Å². The molecule has 0 aliphatic rings. The van der Waals surface area contributed by atoms with E-state index in [-0.39, 0.29) is 12.6 Å². The fraction of sp³-hybridized carbons (Fsp3) is 0.636. The number of unbranched alkanes of at least 4 members (excludes halogenated alkanes) is 2. The lowest BCUT2D eigenvalue weighted by Gasteiger charge is -2.14. The van der Waals surface area contributed by atoms with E-state index in [1.165, 1.54) is 0 Å². The third-order valence-corrected chi connectivity index (χ3v) is 4.45. The Hall–Kier alpha value is -1.88. The van der Waals surface area contributed by atoms with Crippen molar-refractivity contribution in [3.05, 3.63) is 35.4 Å². The minimum Gasteiger partial charge on any atom is -0.462 e. The molecule has 0 spiro atoms. The fourth-order valence-electron chi connectivity index (χ4n) is 2.54. The quantitative estimate of drug-likeness (QED) is 0.335. The highest BCUT2D eigenvalue weighted by molar-refractivity contribution is 5.93. The van der Waals surface area contributed by atoms with Crippen LogP contribution < -0.4 is 0 Å². The van der Waals surface area contributed by atoms with Crippen LogP contribution in [0.1, 0.15) is 80.0 Å². The Bertz CT molecular complexity index is 538. The second-order valence-electron chi connectivity index (χ2n) is 6.69. The second kappa shape index (κ2) is 14.2. The summed E-state index contributed by atoms with van der Waals surface area (Å²) in [5.41, 5.74) is 0.856. The van der Waals surface area contributed by atoms with Crippen molar-refractivity contribution in [2.24, 2.45) is 5.92 Å². The van der Waals surface area contributed by atoms with Crippen molar-refractivity contribution < 1.29 is 23.8 Å². The van der Waals surface area contributed by atoms with E-state index < -0.39 is 5.97 Å². The standard InChI is InChI=1S/C22H34O5/c1-4-7-9-18(6-3)17-27-22(24)20-12-10-19(11-13-20)21(23)26-16-15-25-14-8-5-2/h10-13,18H,4-9,14-17H2,1-3H3. The normalized spacial score (nSPS) is 11.8. The number of hydrogen-bond acceptors (Lipinski definition) is 5. The van der Waals surface area contributed by atoms with Crippen LogP contribution in [0.15, 0.2) is 24.3 Å². The van der Waals surface area contributed by atoms with Gasteiger partial charge < -0.3 is 14.2 Å². The topological polar surface area (TPSA) is 61.8 Å². The lowest BCUT2D eigenvalue weighted by molar-refractivity contribution is 0.0312. The number of carbonyl (C=O) groups is 2. The van der Waals surface area contributed by atoms with Gasteiger partial charge in [0.15, 0.2) is 0 Å². The molecule has 1 rings (SSSR count). The first-order valence-electron chi connectivity index (χ1n) is 10.1. The molecule has 5 nitrogen and oxygen atoms in total. The van der Waals surface area contributed by atoms with Crippen molar-refractivity contribution in [2.75, 3.05) is 26.4 Å². The maximum absolute atomic E-state index is 12.2. The summed E-state index contributed by atoms with van der Waals surface area (Å²) in [6.45, 7) is 8.11. The molecule has 0 saturated heterocycles. The minimum atomic E-state index is -0.417. The van der Waals surface area contributed by atoms with Crippen molar-refractivity contribution in [1.82, 2.24) is 0 Å². The van der Waals surface area contributed by atoms with E-state index in [2.05, 4.69) is 20.8 Å². The molecule has 0 heterocycles. The molecule has 0 saturated carbocycles. The van der Waals surface area contributed by atoms with Crippen molar-refractivity contribution in [2.45, 2.75) is 59.3 Å². The Morgan fingerprint density at radius 1 is 0.815 bits per heavy atom. The van der Waals surface area contributed by atoms with Gasteiger partial charge in [-0.3, -0.25) is 0 Å². The molecule has 0 bridgehead atoms. The zero-order valence-corrected chi connectivity index (χ0v) is 17.0. The summed E-state index contributed by atoms with van der Waals surface area (Å²) < 4.78 is 15.9. The molecule has 0 N–H and O–H groups in total. The fourth-order valence-corrected chi connectivity index (χ4v) is 2.54. The summed E-state index contributed by atoms with van der Waals surface area (Å²) in [5, 5.41) is 0. The maximum atomic E-state index is 12.2. The number of hydrogen-bond donors (Lipinski definition) is 0. The van der Waals surface area contributed by atoms with Gasteiger partial charge in [0.25, 0.3) is 0 Å². The van der Waals surface area contributed by atoms with Crippen LogP contribution in [-0.4, -0.2) is 38.4 Å². The summed E-state index contributed by atoms with van der Waals surface area (Å²) in [5.74, 6) is -0.364. The van der Waals surface area contributed by atoms with Crippen LogP contribution in [0.4, 0.5) is 0 Å². The number of benzene rings is 1. The van der Waals surface area contributed by atoms with Crippen LogP contribution in [0.25, 0.3) is 0 Å². The first-order chi connectivity index (χ1) is 13.1. The predicted octanol–water partition coefficient (Wildman–Crippen LogP) is 5.03. The van der Waals surface area contributed by atoms with Gasteiger partial charge >= 0.3 is 11.9 Å². The van der Waals surface area contributed by atoms with Crippen LogP contribution in [0.3, 0.4) is 0 Å². The molecule has 0 amide bonds. The molecule has 1 atom stereocenters. The molecule has 0 radical (unpaired) electrons. The smallest absolute Gasteiger partial charge is 0.338 e. The van der Waals surface area contributed by atoms with Gasteiger partial charge in [-0.05, 0) is 43.0 Å². The van der Waals surface area contributed by atoms with Gasteiger partial charge in [0.2, 0.25) is 0 Å². The van der Waals surface area contributed by atoms with E-state index in [0.29, 0.717) is 36.9 Å². The van der Waals surface area contributed by atoms with Crippen LogP contribution >= 0.6 is 0 Å². The van der Waals surface area contributed by atoms with Crippen LogP contribution in [-0.2, 0) is 14.2 Å². The highest BCUT2D eigenvalue weighted by Crippen LogP contribution is 2.14. The monoisotopic (exact) mass is 378 g/mol. The molecule has 0 aromatic heterocycles. The molecule has 5 heteroatoms. The first kappa shape index (κ1) is 23.2. The van der Waals surface area contributed by atoms with Gasteiger partial charge in [-0.15, -0.1) is 0 Å². The highest BCUT2D eigenvalue weighted by Gasteiger charge is 2.13. The molecule has 0 aliphatic carbocycles. The molecule has 0 fully saturated rings. The molecular weight excluding hydrogens is 344 g/mol. The molecular formula is C22H34O5. The van der Waals surface area contributed by atoms with E-state index in [1.54, 1.807) is 24.3 Å². The van der Waals surface area contributed by atoms with Crippen molar-refractivity contribution >= 4 is 11.9 Å². The summed E-state index contributed by atoms with van der Waals surface area (Å²) in [6.07, 6.45) is 6.45.